The highest BCUT2D eigenvalue weighted by atomic mass is 19.2. The topological polar surface area (TPSA) is 225 Å². The SMILES string of the molecule is O=C(CCC(F)([N+](=O)[O-])[N+](=O)[O-])OOC(=O)CCC(F)([N+](=O)[O-])[N+](=O)[O-]. The van der Waals surface area contributed by atoms with Crippen molar-refractivity contribution < 1.29 is 47.8 Å². The van der Waals surface area contributed by atoms with Gasteiger partial charge in [-0.2, -0.15) is 0 Å². The van der Waals surface area contributed by atoms with Gasteiger partial charge in [0.15, 0.2) is 0 Å². The lowest BCUT2D eigenvalue weighted by Crippen LogP contribution is -2.42. The molecule has 0 amide bonds. The van der Waals surface area contributed by atoms with Gasteiger partial charge < -0.3 is 0 Å². The molecule has 0 unspecified atom stereocenters. The van der Waals surface area contributed by atoms with Gasteiger partial charge in [0.1, 0.15) is 32.5 Å². The Labute approximate surface area is 139 Å². The van der Waals surface area contributed by atoms with Crippen molar-refractivity contribution in [1.82, 2.24) is 0 Å². The van der Waals surface area contributed by atoms with Crippen LogP contribution < -0.4 is 0 Å². The Balaban J connectivity index is 4.50. The first kappa shape index (κ1) is 22.4. The maximum atomic E-state index is 13.3. The smallest absolute Gasteiger partial charge is 0.256 e. The molecule has 18 heteroatoms. The van der Waals surface area contributed by atoms with Gasteiger partial charge in [-0.25, -0.2) is 19.4 Å². The normalized spacial score (nSPS) is 11.3. The molecule has 0 aromatic carbocycles. The van der Waals surface area contributed by atoms with Crippen molar-refractivity contribution in [2.45, 2.75) is 37.5 Å². The van der Waals surface area contributed by atoms with Gasteiger partial charge >= 0.3 is 23.8 Å². The summed E-state index contributed by atoms with van der Waals surface area (Å²) in [6, 6.07) is 0. The molecule has 26 heavy (non-hydrogen) atoms. The zero-order chi connectivity index (χ0) is 20.7. The second kappa shape index (κ2) is 8.48. The van der Waals surface area contributed by atoms with Gasteiger partial charge in [-0.05, 0) is 0 Å². The molecule has 0 spiro atoms. The Morgan fingerprint density at radius 3 is 1.12 bits per heavy atom. The summed E-state index contributed by atoms with van der Waals surface area (Å²) in [7, 11) is 0. The third-order valence-corrected chi connectivity index (χ3v) is 2.64. The summed E-state index contributed by atoms with van der Waals surface area (Å²) in [5.74, 6) is -11.8. The highest BCUT2D eigenvalue weighted by Gasteiger charge is 2.58. The van der Waals surface area contributed by atoms with Crippen LogP contribution >= 0.6 is 0 Å². The largest absolute Gasteiger partial charge is 0.614 e. The van der Waals surface area contributed by atoms with Crippen molar-refractivity contribution >= 4 is 11.9 Å². The summed E-state index contributed by atoms with van der Waals surface area (Å²) >= 11 is 0. The van der Waals surface area contributed by atoms with Gasteiger partial charge in [-0.15, -0.1) is 0 Å². The van der Waals surface area contributed by atoms with E-state index in [1.807, 2.05) is 0 Å². The van der Waals surface area contributed by atoms with E-state index < -0.39 is 69.1 Å². The van der Waals surface area contributed by atoms with Gasteiger partial charge in [0.25, 0.3) is 0 Å². The Kier molecular flexibility index (Phi) is 7.31. The quantitative estimate of drug-likeness (QED) is 0.157. The maximum absolute atomic E-state index is 13.3. The van der Waals surface area contributed by atoms with Crippen LogP contribution in [0.2, 0.25) is 0 Å². The molecular weight excluding hydrogens is 382 g/mol. The lowest BCUT2D eigenvalue weighted by Gasteiger charge is -2.08. The lowest BCUT2D eigenvalue weighted by atomic mass is 10.2. The third-order valence-electron chi connectivity index (χ3n) is 2.64. The molecule has 0 aliphatic rings. The number of alkyl halides is 2. The highest BCUT2D eigenvalue weighted by molar-refractivity contribution is 5.72. The van der Waals surface area contributed by atoms with Crippen molar-refractivity contribution in [3.63, 3.8) is 0 Å². The maximum Gasteiger partial charge on any atom is 0.614 e. The van der Waals surface area contributed by atoms with E-state index in [-0.39, 0.29) is 0 Å². The molecule has 0 aromatic rings. The van der Waals surface area contributed by atoms with Gasteiger partial charge in [0.05, 0.1) is 12.8 Å². The summed E-state index contributed by atoms with van der Waals surface area (Å²) in [6.45, 7) is 0. The van der Waals surface area contributed by atoms with Crippen molar-refractivity contribution in [2.75, 3.05) is 0 Å². The van der Waals surface area contributed by atoms with Crippen molar-refractivity contribution in [2.24, 2.45) is 0 Å². The minimum atomic E-state index is -4.20. The number of carbonyl (C=O) groups is 2. The number of nitrogens with zero attached hydrogens (tertiary/aromatic N) is 4. The summed E-state index contributed by atoms with van der Waals surface area (Å²) in [5.41, 5.74) is 0. The van der Waals surface area contributed by atoms with E-state index in [4.69, 9.17) is 0 Å². The molecule has 146 valence electrons. The van der Waals surface area contributed by atoms with Crippen molar-refractivity contribution in [3.8, 4) is 0 Å². The van der Waals surface area contributed by atoms with Crippen LogP contribution in [0.1, 0.15) is 25.7 Å². The van der Waals surface area contributed by atoms with E-state index in [2.05, 4.69) is 9.78 Å². The molecule has 0 fully saturated rings. The fourth-order valence-corrected chi connectivity index (χ4v) is 1.20. The minimum Gasteiger partial charge on any atom is -0.256 e. The molecule has 0 bridgehead atoms. The first-order valence-corrected chi connectivity index (χ1v) is 6.13. The Morgan fingerprint density at radius 2 is 0.923 bits per heavy atom. The van der Waals surface area contributed by atoms with Crippen LogP contribution in [0.5, 0.6) is 0 Å². The lowest BCUT2D eigenvalue weighted by molar-refractivity contribution is -0.832. The first-order chi connectivity index (χ1) is 11.8. The second-order valence-electron chi connectivity index (χ2n) is 4.38. The molecule has 0 atom stereocenters. The summed E-state index contributed by atoms with van der Waals surface area (Å²) in [4.78, 5) is 62.8. The fraction of sp³-hybridized carbons (Fsp3) is 0.750. The number of carbonyl (C=O) groups excluding carboxylic acids is 2. The molecule has 0 aliphatic heterocycles. The minimum absolute atomic E-state index is 1.29. The van der Waals surface area contributed by atoms with Crippen LogP contribution in [0.15, 0.2) is 0 Å². The average molecular weight is 390 g/mol. The first-order valence-electron chi connectivity index (χ1n) is 6.13. The number of nitro groups is 4. The number of hydrogen-bond donors (Lipinski definition) is 0. The van der Waals surface area contributed by atoms with Crippen LogP contribution in [0, 0.1) is 40.5 Å². The molecule has 0 rings (SSSR count). The number of rotatable bonds is 10. The van der Waals surface area contributed by atoms with E-state index in [1.165, 1.54) is 0 Å². The van der Waals surface area contributed by atoms with Crippen molar-refractivity contribution in [1.29, 1.82) is 0 Å². The molecule has 16 nitrogen and oxygen atoms in total. The predicted octanol–water partition coefficient (Wildman–Crippen LogP) is -0.0984. The van der Waals surface area contributed by atoms with E-state index in [0.29, 0.717) is 0 Å². The molecule has 0 aliphatic carbocycles. The van der Waals surface area contributed by atoms with Crippen LogP contribution in [-0.2, 0) is 19.4 Å². The molecule has 0 saturated heterocycles. The van der Waals surface area contributed by atoms with E-state index >= 15 is 0 Å². The van der Waals surface area contributed by atoms with Crippen LogP contribution in [0.4, 0.5) is 8.78 Å². The molecule has 0 radical (unpaired) electrons. The molecule has 0 saturated carbocycles. The van der Waals surface area contributed by atoms with E-state index in [9.17, 15) is 58.8 Å². The summed E-state index contributed by atoms with van der Waals surface area (Å²) < 4.78 is 26.6. The third kappa shape index (κ3) is 5.49. The Morgan fingerprint density at radius 1 is 0.692 bits per heavy atom. The average Bonchev–Trinajstić information content (AvgIpc) is 2.54. The molecule has 0 N–H and O–H groups in total. The second-order valence-corrected chi connectivity index (χ2v) is 4.38. The fourth-order valence-electron chi connectivity index (χ4n) is 1.20. The molecular formula is C8H8F2N4O12. The zero-order valence-corrected chi connectivity index (χ0v) is 12.3. The van der Waals surface area contributed by atoms with Crippen molar-refractivity contribution in [3.05, 3.63) is 40.5 Å². The van der Waals surface area contributed by atoms with Crippen LogP contribution in [-0.4, -0.2) is 43.5 Å². The summed E-state index contributed by atoms with van der Waals surface area (Å²) in [5, 5.41) is 40.9. The summed E-state index contributed by atoms with van der Waals surface area (Å²) in [6.07, 6.45) is -5.75. The van der Waals surface area contributed by atoms with E-state index in [0.717, 1.165) is 0 Å². The molecule has 0 aromatic heterocycles. The molecule has 0 heterocycles. The van der Waals surface area contributed by atoms with E-state index in [1.54, 1.807) is 0 Å². The van der Waals surface area contributed by atoms with Crippen LogP contribution in [0.3, 0.4) is 0 Å². The van der Waals surface area contributed by atoms with Gasteiger partial charge in [-0.1, -0.05) is 8.78 Å². The predicted molar refractivity (Wildman–Crippen MR) is 66.3 cm³/mol. The van der Waals surface area contributed by atoms with Gasteiger partial charge in [0.2, 0.25) is 0 Å². The Hall–Kier alpha value is -3.60. The number of halogens is 2. The highest BCUT2D eigenvalue weighted by Crippen LogP contribution is 2.21. The Bertz CT molecular complexity index is 557. The van der Waals surface area contributed by atoms with Gasteiger partial charge in [0, 0.05) is 0 Å². The number of hydrogen-bond acceptors (Lipinski definition) is 12. The monoisotopic (exact) mass is 390 g/mol. The zero-order valence-electron chi connectivity index (χ0n) is 12.3. The standard InChI is InChI=1S/C8H8F2N4O12/c9-7(11(17)18,12(19)20)3-1-5(15)25-26-6(16)2-4-8(10,13(21)22)14(23)24/h1-4H2. The van der Waals surface area contributed by atoms with Gasteiger partial charge in [-0.3, -0.25) is 40.5 Å². The van der Waals surface area contributed by atoms with Crippen LogP contribution in [0.25, 0.3) is 0 Å².